The minimum absolute atomic E-state index is 0.0547. The number of aromatic nitrogens is 2. The molecule has 0 amide bonds. The average Bonchev–Trinajstić information content (AvgIpc) is 2.91. The van der Waals surface area contributed by atoms with E-state index >= 15 is 0 Å². The highest BCUT2D eigenvalue weighted by Gasteiger charge is 2.24. The van der Waals surface area contributed by atoms with Gasteiger partial charge in [0, 0.05) is 18.7 Å². The summed E-state index contributed by atoms with van der Waals surface area (Å²) in [7, 11) is 1.98. The highest BCUT2D eigenvalue weighted by Crippen LogP contribution is 2.20. The van der Waals surface area contributed by atoms with Crippen LogP contribution in [0.4, 0.5) is 8.78 Å². The summed E-state index contributed by atoms with van der Waals surface area (Å²) in [5, 5.41) is 3.87. The summed E-state index contributed by atoms with van der Waals surface area (Å²) in [5.41, 5.74) is 0.187. The molecule has 1 fully saturated rings. The van der Waals surface area contributed by atoms with Crippen molar-refractivity contribution in [1.29, 1.82) is 0 Å². The van der Waals surface area contributed by atoms with Crippen LogP contribution in [0.25, 0.3) is 0 Å². The Labute approximate surface area is 120 Å². The number of hydrogen-bond acceptors (Lipinski definition) is 5. The van der Waals surface area contributed by atoms with E-state index in [0.29, 0.717) is 19.0 Å². The minimum Gasteiger partial charge on any atom is -0.367 e. The van der Waals surface area contributed by atoms with Crippen molar-refractivity contribution in [1.82, 2.24) is 15.0 Å². The van der Waals surface area contributed by atoms with E-state index in [1.54, 1.807) is 0 Å². The Kier molecular flexibility index (Phi) is 3.94. The highest BCUT2D eigenvalue weighted by atomic mass is 19.1. The molecule has 0 aliphatic carbocycles. The van der Waals surface area contributed by atoms with Gasteiger partial charge < -0.3 is 14.2 Å². The van der Waals surface area contributed by atoms with Gasteiger partial charge in [0.2, 0.25) is 11.7 Å². The third kappa shape index (κ3) is 3.25. The van der Waals surface area contributed by atoms with Crippen molar-refractivity contribution < 1.29 is 18.0 Å². The molecule has 21 heavy (non-hydrogen) atoms. The quantitative estimate of drug-likeness (QED) is 0.866. The predicted molar refractivity (Wildman–Crippen MR) is 69.7 cm³/mol. The topological polar surface area (TPSA) is 51.4 Å². The Balaban J connectivity index is 1.74. The van der Waals surface area contributed by atoms with E-state index < -0.39 is 11.6 Å². The zero-order chi connectivity index (χ0) is 14.8. The summed E-state index contributed by atoms with van der Waals surface area (Å²) >= 11 is 0. The lowest BCUT2D eigenvalue weighted by Crippen LogP contribution is -2.35. The molecule has 2 aromatic rings. The van der Waals surface area contributed by atoms with Crippen LogP contribution in [0.5, 0.6) is 0 Å². The van der Waals surface area contributed by atoms with E-state index in [2.05, 4.69) is 15.0 Å². The van der Waals surface area contributed by atoms with E-state index in [4.69, 9.17) is 9.26 Å². The minimum atomic E-state index is -0.497. The molecule has 0 saturated carbocycles. The fourth-order valence-corrected chi connectivity index (χ4v) is 2.25. The summed E-state index contributed by atoms with van der Waals surface area (Å²) in [6.45, 7) is 2.13. The van der Waals surface area contributed by atoms with E-state index in [0.717, 1.165) is 24.7 Å². The van der Waals surface area contributed by atoms with Crippen LogP contribution in [0.1, 0.15) is 23.4 Å². The van der Waals surface area contributed by atoms with Crippen molar-refractivity contribution in [3.8, 4) is 0 Å². The number of nitrogens with zero attached hydrogens (tertiary/aromatic N) is 3. The standard InChI is InChI=1S/C14H15F2N3O2/c1-19-4-5-20-12(8-19)14-17-13(21-18-14)7-9-6-10(15)2-3-11(9)16/h2-3,6,12H,4-5,7-8H2,1H3/t12-/m0/s1. The van der Waals surface area contributed by atoms with Gasteiger partial charge in [-0.2, -0.15) is 4.98 Å². The van der Waals surface area contributed by atoms with Gasteiger partial charge in [-0.1, -0.05) is 5.16 Å². The molecule has 2 heterocycles. The highest BCUT2D eigenvalue weighted by molar-refractivity contribution is 5.21. The molecule has 3 rings (SSSR count). The van der Waals surface area contributed by atoms with Gasteiger partial charge in [0.05, 0.1) is 13.0 Å². The van der Waals surface area contributed by atoms with Crippen LogP contribution in [0, 0.1) is 11.6 Å². The number of rotatable bonds is 3. The largest absolute Gasteiger partial charge is 0.367 e. The molecule has 1 saturated heterocycles. The third-order valence-electron chi connectivity index (χ3n) is 3.39. The van der Waals surface area contributed by atoms with E-state index in [1.165, 1.54) is 0 Å². The van der Waals surface area contributed by atoms with Crippen LogP contribution in [0.15, 0.2) is 22.7 Å². The van der Waals surface area contributed by atoms with Crippen molar-refractivity contribution >= 4 is 0 Å². The Bertz CT molecular complexity index is 632. The van der Waals surface area contributed by atoms with Gasteiger partial charge in [-0.25, -0.2) is 8.78 Å². The van der Waals surface area contributed by atoms with Gasteiger partial charge in [0.15, 0.2) is 0 Å². The van der Waals surface area contributed by atoms with Crippen LogP contribution in [0.3, 0.4) is 0 Å². The molecule has 1 aromatic heterocycles. The molecule has 1 atom stereocenters. The molecule has 0 unspecified atom stereocenters. The monoisotopic (exact) mass is 295 g/mol. The summed E-state index contributed by atoms with van der Waals surface area (Å²) in [6.07, 6.45) is -0.197. The lowest BCUT2D eigenvalue weighted by atomic mass is 10.1. The van der Waals surface area contributed by atoms with Crippen molar-refractivity contribution in [2.45, 2.75) is 12.5 Å². The molecule has 1 aliphatic heterocycles. The van der Waals surface area contributed by atoms with Gasteiger partial charge in [-0.05, 0) is 25.2 Å². The fraction of sp³-hybridized carbons (Fsp3) is 0.429. The smallest absolute Gasteiger partial charge is 0.231 e. The van der Waals surface area contributed by atoms with Gasteiger partial charge in [0.25, 0.3) is 0 Å². The Morgan fingerprint density at radius 1 is 1.38 bits per heavy atom. The normalized spacial score (nSPS) is 19.9. The number of benzene rings is 1. The lowest BCUT2D eigenvalue weighted by molar-refractivity contribution is -0.0264. The number of halogens is 2. The fourth-order valence-electron chi connectivity index (χ4n) is 2.25. The average molecular weight is 295 g/mol. The maximum atomic E-state index is 13.6. The lowest BCUT2D eigenvalue weighted by Gasteiger charge is -2.27. The van der Waals surface area contributed by atoms with Gasteiger partial charge in [-0.15, -0.1) is 0 Å². The maximum absolute atomic E-state index is 13.6. The zero-order valence-corrected chi connectivity index (χ0v) is 11.6. The van der Waals surface area contributed by atoms with Crippen molar-refractivity contribution in [3.05, 3.63) is 47.1 Å². The van der Waals surface area contributed by atoms with Crippen LogP contribution in [0.2, 0.25) is 0 Å². The molecule has 112 valence electrons. The first kappa shape index (κ1) is 14.1. The molecule has 1 aromatic carbocycles. The van der Waals surface area contributed by atoms with Crippen LogP contribution in [-0.4, -0.2) is 41.8 Å². The summed E-state index contributed by atoms with van der Waals surface area (Å²) in [6, 6.07) is 3.29. The second-order valence-corrected chi connectivity index (χ2v) is 5.08. The molecule has 0 spiro atoms. The first-order valence-electron chi connectivity index (χ1n) is 6.68. The van der Waals surface area contributed by atoms with Gasteiger partial charge >= 0.3 is 0 Å². The number of likely N-dealkylation sites (N-methyl/N-ethyl adjacent to an activating group) is 1. The van der Waals surface area contributed by atoms with Crippen molar-refractivity contribution in [2.75, 3.05) is 26.7 Å². The molecule has 5 nitrogen and oxygen atoms in total. The van der Waals surface area contributed by atoms with Gasteiger partial charge in [-0.3, -0.25) is 0 Å². The number of hydrogen-bond donors (Lipinski definition) is 0. The molecule has 1 aliphatic rings. The summed E-state index contributed by atoms with van der Waals surface area (Å²) in [4.78, 5) is 6.32. The van der Waals surface area contributed by atoms with Crippen LogP contribution < -0.4 is 0 Å². The van der Waals surface area contributed by atoms with E-state index in [1.807, 2.05) is 7.05 Å². The summed E-state index contributed by atoms with van der Waals surface area (Å²) < 4.78 is 37.4. The Morgan fingerprint density at radius 2 is 2.24 bits per heavy atom. The number of morpholine rings is 1. The Morgan fingerprint density at radius 3 is 3.05 bits per heavy atom. The summed E-state index contributed by atoms with van der Waals surface area (Å²) in [5.74, 6) is -0.312. The molecular formula is C14H15F2N3O2. The first-order valence-corrected chi connectivity index (χ1v) is 6.68. The second-order valence-electron chi connectivity index (χ2n) is 5.08. The van der Waals surface area contributed by atoms with Crippen molar-refractivity contribution in [2.24, 2.45) is 0 Å². The maximum Gasteiger partial charge on any atom is 0.231 e. The third-order valence-corrected chi connectivity index (χ3v) is 3.39. The van der Waals surface area contributed by atoms with E-state index in [-0.39, 0.29) is 24.0 Å². The van der Waals surface area contributed by atoms with Gasteiger partial charge in [0.1, 0.15) is 17.7 Å². The second kappa shape index (κ2) is 5.87. The Hall–Kier alpha value is -1.86. The molecular weight excluding hydrogens is 280 g/mol. The zero-order valence-electron chi connectivity index (χ0n) is 11.6. The molecule has 7 heteroatoms. The van der Waals surface area contributed by atoms with E-state index in [9.17, 15) is 8.78 Å². The first-order chi connectivity index (χ1) is 10.1. The van der Waals surface area contributed by atoms with Crippen molar-refractivity contribution in [3.63, 3.8) is 0 Å². The SMILES string of the molecule is CN1CCO[C@H](c2noc(Cc3cc(F)ccc3F)n2)C1. The molecule has 0 radical (unpaired) electrons. The molecule has 0 bridgehead atoms. The van der Waals surface area contributed by atoms with Crippen LogP contribution >= 0.6 is 0 Å². The predicted octanol–water partition coefficient (Wildman–Crippen LogP) is 1.94. The number of ether oxygens (including phenoxy) is 1. The van der Waals surface area contributed by atoms with Crippen LogP contribution in [-0.2, 0) is 11.2 Å². The molecule has 0 N–H and O–H groups in total.